The molecule has 1 aliphatic rings. The Kier molecular flexibility index (Phi) is 2.44. The minimum atomic E-state index is 0.0618. The zero-order chi connectivity index (χ0) is 10.1. The summed E-state index contributed by atoms with van der Waals surface area (Å²) < 4.78 is 5.16. The van der Waals surface area contributed by atoms with Crippen LogP contribution in [0.2, 0.25) is 0 Å². The second-order valence-corrected chi connectivity index (χ2v) is 3.66. The summed E-state index contributed by atoms with van der Waals surface area (Å²) >= 11 is 0. The van der Waals surface area contributed by atoms with Gasteiger partial charge in [-0.3, -0.25) is 0 Å². The molecule has 3 N–H and O–H groups in total. The normalized spacial score (nSPS) is 19.5. The van der Waals surface area contributed by atoms with E-state index in [1.54, 1.807) is 7.11 Å². The quantitative estimate of drug-likeness (QED) is 0.740. The maximum Gasteiger partial charge on any atom is 0.119 e. The van der Waals surface area contributed by atoms with Crippen molar-refractivity contribution in [2.75, 3.05) is 7.11 Å². The van der Waals surface area contributed by atoms with Gasteiger partial charge in [0.1, 0.15) is 5.75 Å². The topological polar surface area (TPSA) is 55.5 Å². The molecule has 0 amide bonds. The van der Waals surface area contributed by atoms with Crippen molar-refractivity contribution in [3.8, 4) is 5.75 Å². The van der Waals surface area contributed by atoms with E-state index in [4.69, 9.17) is 10.5 Å². The van der Waals surface area contributed by atoms with Crippen LogP contribution in [-0.2, 0) is 13.0 Å². The summed E-state index contributed by atoms with van der Waals surface area (Å²) in [6.07, 6.45) is 1.94. The average molecular weight is 193 g/mol. The number of benzene rings is 1. The first-order valence-electron chi connectivity index (χ1n) is 4.82. The molecule has 0 bridgehead atoms. The number of fused-ring (bicyclic) bond motifs is 1. The lowest BCUT2D eigenvalue weighted by Gasteiger charge is -2.11. The molecule has 0 saturated carbocycles. The van der Waals surface area contributed by atoms with Gasteiger partial charge in [0.25, 0.3) is 0 Å². The molecule has 0 fully saturated rings. The van der Waals surface area contributed by atoms with Crippen LogP contribution in [0, 0.1) is 0 Å². The number of aliphatic hydroxyl groups is 1. The molecule has 3 heteroatoms. The Morgan fingerprint density at radius 2 is 2.36 bits per heavy atom. The Balaban J connectivity index is 2.52. The van der Waals surface area contributed by atoms with Gasteiger partial charge in [-0.1, -0.05) is 0 Å². The summed E-state index contributed by atoms with van der Waals surface area (Å²) in [7, 11) is 1.63. The monoisotopic (exact) mass is 193 g/mol. The molecule has 1 aromatic rings. The van der Waals surface area contributed by atoms with Crippen molar-refractivity contribution in [3.63, 3.8) is 0 Å². The van der Waals surface area contributed by atoms with E-state index in [1.807, 2.05) is 12.1 Å². The van der Waals surface area contributed by atoms with Crippen LogP contribution in [0.3, 0.4) is 0 Å². The average Bonchev–Trinajstić information content (AvgIpc) is 2.59. The van der Waals surface area contributed by atoms with Gasteiger partial charge in [0.05, 0.1) is 13.7 Å². The third-order valence-corrected chi connectivity index (χ3v) is 2.86. The number of methoxy groups -OCH3 is 1. The fraction of sp³-hybridized carbons (Fsp3) is 0.455. The number of aliphatic hydroxyl groups excluding tert-OH is 1. The van der Waals surface area contributed by atoms with E-state index in [1.165, 1.54) is 5.56 Å². The van der Waals surface area contributed by atoms with Crippen LogP contribution in [-0.4, -0.2) is 12.2 Å². The number of rotatable bonds is 2. The van der Waals surface area contributed by atoms with Gasteiger partial charge in [0.15, 0.2) is 0 Å². The standard InChI is InChI=1S/C11H15NO2/c1-14-8-4-7(6-13)9-2-3-11(12)10(9)5-8/h4-5,11,13H,2-3,6,12H2,1H3/t11-/m0/s1. The van der Waals surface area contributed by atoms with Gasteiger partial charge in [0.2, 0.25) is 0 Å². The number of ether oxygens (including phenoxy) is 1. The molecule has 3 nitrogen and oxygen atoms in total. The fourth-order valence-corrected chi connectivity index (χ4v) is 2.08. The zero-order valence-electron chi connectivity index (χ0n) is 8.29. The van der Waals surface area contributed by atoms with Crippen LogP contribution in [0.15, 0.2) is 12.1 Å². The molecular weight excluding hydrogens is 178 g/mol. The van der Waals surface area contributed by atoms with Gasteiger partial charge in [-0.2, -0.15) is 0 Å². The van der Waals surface area contributed by atoms with Crippen molar-refractivity contribution in [2.45, 2.75) is 25.5 Å². The largest absolute Gasteiger partial charge is 0.497 e. The Morgan fingerprint density at radius 1 is 1.57 bits per heavy atom. The van der Waals surface area contributed by atoms with Gasteiger partial charge in [-0.15, -0.1) is 0 Å². The molecule has 14 heavy (non-hydrogen) atoms. The smallest absolute Gasteiger partial charge is 0.119 e. The highest BCUT2D eigenvalue weighted by Gasteiger charge is 2.22. The predicted molar refractivity (Wildman–Crippen MR) is 54.2 cm³/mol. The molecule has 2 rings (SSSR count). The minimum absolute atomic E-state index is 0.0618. The van der Waals surface area contributed by atoms with Crippen LogP contribution in [0.4, 0.5) is 0 Å². The van der Waals surface area contributed by atoms with Crippen molar-refractivity contribution < 1.29 is 9.84 Å². The third-order valence-electron chi connectivity index (χ3n) is 2.86. The van der Waals surface area contributed by atoms with Crippen molar-refractivity contribution in [1.29, 1.82) is 0 Å². The number of hydrogen-bond donors (Lipinski definition) is 2. The maximum absolute atomic E-state index is 9.21. The first-order valence-corrected chi connectivity index (χ1v) is 4.82. The third kappa shape index (κ3) is 1.38. The lowest BCUT2D eigenvalue weighted by atomic mass is 10.0. The van der Waals surface area contributed by atoms with E-state index in [0.717, 1.165) is 29.7 Å². The number of nitrogens with two attached hydrogens (primary N) is 1. The first-order chi connectivity index (χ1) is 6.76. The molecule has 0 heterocycles. The lowest BCUT2D eigenvalue weighted by molar-refractivity contribution is 0.280. The van der Waals surface area contributed by atoms with E-state index < -0.39 is 0 Å². The van der Waals surface area contributed by atoms with E-state index in [0.29, 0.717) is 0 Å². The highest BCUT2D eigenvalue weighted by atomic mass is 16.5. The second-order valence-electron chi connectivity index (χ2n) is 3.66. The van der Waals surface area contributed by atoms with Crippen LogP contribution >= 0.6 is 0 Å². The van der Waals surface area contributed by atoms with Crippen LogP contribution in [0.25, 0.3) is 0 Å². The minimum Gasteiger partial charge on any atom is -0.497 e. The summed E-state index contributed by atoms with van der Waals surface area (Å²) in [5, 5.41) is 9.21. The predicted octanol–water partition coefficient (Wildman–Crippen LogP) is 1.13. The van der Waals surface area contributed by atoms with Crippen molar-refractivity contribution in [1.82, 2.24) is 0 Å². The molecule has 0 unspecified atom stereocenters. The van der Waals surface area contributed by atoms with Crippen molar-refractivity contribution >= 4 is 0 Å². The highest BCUT2D eigenvalue weighted by Crippen LogP contribution is 2.34. The Bertz CT molecular complexity index is 349. The van der Waals surface area contributed by atoms with E-state index in [9.17, 15) is 5.11 Å². The van der Waals surface area contributed by atoms with E-state index >= 15 is 0 Å². The fourth-order valence-electron chi connectivity index (χ4n) is 2.08. The zero-order valence-corrected chi connectivity index (χ0v) is 8.29. The molecule has 76 valence electrons. The second kappa shape index (κ2) is 3.59. The van der Waals surface area contributed by atoms with Crippen molar-refractivity contribution in [3.05, 3.63) is 28.8 Å². The summed E-state index contributed by atoms with van der Waals surface area (Å²) in [5.41, 5.74) is 9.25. The molecule has 1 aliphatic carbocycles. The molecule has 1 atom stereocenters. The molecule has 0 spiro atoms. The van der Waals surface area contributed by atoms with Crippen LogP contribution < -0.4 is 10.5 Å². The molecule has 0 aromatic heterocycles. The SMILES string of the molecule is COc1cc(CO)c2c(c1)[C@@H](N)CC2. The van der Waals surface area contributed by atoms with E-state index in [-0.39, 0.29) is 12.6 Å². The Morgan fingerprint density at radius 3 is 3.00 bits per heavy atom. The summed E-state index contributed by atoms with van der Waals surface area (Å²) in [4.78, 5) is 0. The molecular formula is C11H15NO2. The first kappa shape index (κ1) is 9.49. The molecule has 0 saturated heterocycles. The lowest BCUT2D eigenvalue weighted by Crippen LogP contribution is -2.06. The number of hydrogen-bond acceptors (Lipinski definition) is 3. The summed E-state index contributed by atoms with van der Waals surface area (Å²) in [5.74, 6) is 0.783. The maximum atomic E-state index is 9.21. The van der Waals surface area contributed by atoms with Crippen molar-refractivity contribution in [2.24, 2.45) is 5.73 Å². The Labute approximate surface area is 83.5 Å². The molecule has 0 radical (unpaired) electrons. The Hall–Kier alpha value is -1.06. The van der Waals surface area contributed by atoms with Gasteiger partial charge in [0, 0.05) is 6.04 Å². The van der Waals surface area contributed by atoms with E-state index in [2.05, 4.69) is 0 Å². The van der Waals surface area contributed by atoms with Crippen LogP contribution in [0.5, 0.6) is 5.75 Å². The molecule has 0 aliphatic heterocycles. The van der Waals surface area contributed by atoms with Gasteiger partial charge in [-0.25, -0.2) is 0 Å². The highest BCUT2D eigenvalue weighted by molar-refractivity contribution is 5.46. The van der Waals surface area contributed by atoms with Crippen LogP contribution in [0.1, 0.15) is 29.2 Å². The van der Waals surface area contributed by atoms with Gasteiger partial charge >= 0.3 is 0 Å². The van der Waals surface area contributed by atoms with Gasteiger partial charge in [-0.05, 0) is 41.7 Å². The summed E-state index contributed by atoms with van der Waals surface area (Å²) in [6.45, 7) is 0.0618. The molecule has 1 aromatic carbocycles. The van der Waals surface area contributed by atoms with Gasteiger partial charge < -0.3 is 15.6 Å². The summed E-state index contributed by atoms with van der Waals surface area (Å²) in [6, 6.07) is 3.97.